The first-order valence-corrected chi connectivity index (χ1v) is 9.38. The Kier molecular flexibility index (Phi) is 4.84. The number of piperidine rings is 1. The molecule has 1 saturated carbocycles. The SMILES string of the molecule is O=C(NCCNc1ccc(-c2ccccc2)nn1)C1CC12CCNCC2. The molecule has 1 spiro atoms. The molecule has 2 fully saturated rings. The van der Waals surface area contributed by atoms with Crippen molar-refractivity contribution in [2.75, 3.05) is 31.5 Å². The molecule has 3 N–H and O–H groups in total. The van der Waals surface area contributed by atoms with Crippen LogP contribution in [0.15, 0.2) is 42.5 Å². The second kappa shape index (κ2) is 7.41. The minimum Gasteiger partial charge on any atom is -0.367 e. The zero-order valence-corrected chi connectivity index (χ0v) is 14.9. The Hall–Kier alpha value is -2.47. The molecular formula is C20H25N5O. The monoisotopic (exact) mass is 351 g/mol. The fourth-order valence-electron chi connectivity index (χ4n) is 3.88. The summed E-state index contributed by atoms with van der Waals surface area (Å²) in [7, 11) is 0. The predicted molar refractivity (Wildman–Crippen MR) is 102 cm³/mol. The lowest BCUT2D eigenvalue weighted by atomic mass is 9.92. The van der Waals surface area contributed by atoms with Crippen LogP contribution in [0, 0.1) is 11.3 Å². The highest BCUT2D eigenvalue weighted by molar-refractivity contribution is 5.82. The summed E-state index contributed by atoms with van der Waals surface area (Å²) < 4.78 is 0. The Balaban J connectivity index is 1.20. The van der Waals surface area contributed by atoms with Crippen molar-refractivity contribution >= 4 is 11.7 Å². The maximum absolute atomic E-state index is 12.3. The molecule has 2 aliphatic rings. The molecular weight excluding hydrogens is 326 g/mol. The van der Waals surface area contributed by atoms with E-state index in [1.165, 1.54) is 0 Å². The summed E-state index contributed by atoms with van der Waals surface area (Å²) in [5, 5.41) is 18.1. The van der Waals surface area contributed by atoms with E-state index in [9.17, 15) is 4.79 Å². The smallest absolute Gasteiger partial charge is 0.223 e. The number of nitrogens with one attached hydrogen (secondary N) is 3. The van der Waals surface area contributed by atoms with Crippen LogP contribution >= 0.6 is 0 Å². The lowest BCUT2D eigenvalue weighted by Gasteiger charge is -2.23. The number of amides is 1. The van der Waals surface area contributed by atoms with Gasteiger partial charge in [0.2, 0.25) is 5.91 Å². The van der Waals surface area contributed by atoms with Crippen LogP contribution in [-0.2, 0) is 4.79 Å². The molecule has 0 bridgehead atoms. The van der Waals surface area contributed by atoms with Crippen molar-refractivity contribution in [3.8, 4) is 11.3 Å². The van der Waals surface area contributed by atoms with Gasteiger partial charge in [-0.05, 0) is 49.9 Å². The summed E-state index contributed by atoms with van der Waals surface area (Å²) in [6.45, 7) is 3.34. The van der Waals surface area contributed by atoms with Gasteiger partial charge in [-0.25, -0.2) is 0 Å². The van der Waals surface area contributed by atoms with E-state index in [2.05, 4.69) is 26.1 Å². The van der Waals surface area contributed by atoms with E-state index in [-0.39, 0.29) is 11.8 Å². The zero-order chi connectivity index (χ0) is 17.8. The molecule has 2 aromatic rings. The molecule has 1 saturated heterocycles. The molecule has 2 heterocycles. The zero-order valence-electron chi connectivity index (χ0n) is 14.9. The average molecular weight is 351 g/mol. The minimum absolute atomic E-state index is 0.208. The van der Waals surface area contributed by atoms with Crippen LogP contribution in [0.5, 0.6) is 0 Å². The molecule has 26 heavy (non-hydrogen) atoms. The number of benzene rings is 1. The average Bonchev–Trinajstić information content (AvgIpc) is 3.39. The highest BCUT2D eigenvalue weighted by Gasteiger charge is 2.57. The van der Waals surface area contributed by atoms with Gasteiger partial charge in [-0.1, -0.05) is 30.3 Å². The summed E-state index contributed by atoms with van der Waals surface area (Å²) in [5.41, 5.74) is 2.20. The van der Waals surface area contributed by atoms with Crippen molar-refractivity contribution in [3.63, 3.8) is 0 Å². The molecule has 1 aromatic carbocycles. The second-order valence-corrected chi connectivity index (χ2v) is 7.26. The number of aromatic nitrogens is 2. The summed E-state index contributed by atoms with van der Waals surface area (Å²) >= 11 is 0. The van der Waals surface area contributed by atoms with E-state index in [1.54, 1.807) is 0 Å². The van der Waals surface area contributed by atoms with E-state index in [0.717, 1.165) is 49.4 Å². The van der Waals surface area contributed by atoms with Gasteiger partial charge in [0.25, 0.3) is 0 Å². The van der Waals surface area contributed by atoms with Crippen LogP contribution < -0.4 is 16.0 Å². The van der Waals surface area contributed by atoms with Crippen molar-refractivity contribution in [2.45, 2.75) is 19.3 Å². The van der Waals surface area contributed by atoms with Crippen molar-refractivity contribution in [3.05, 3.63) is 42.5 Å². The van der Waals surface area contributed by atoms with E-state index in [1.807, 2.05) is 42.5 Å². The number of rotatable bonds is 6. The van der Waals surface area contributed by atoms with Crippen LogP contribution in [0.4, 0.5) is 5.82 Å². The normalized spacial score (nSPS) is 20.5. The molecule has 1 amide bonds. The Morgan fingerprint density at radius 1 is 1.08 bits per heavy atom. The van der Waals surface area contributed by atoms with Crippen LogP contribution in [0.3, 0.4) is 0 Å². The number of carbonyl (C=O) groups is 1. The molecule has 6 heteroatoms. The number of nitrogens with zero attached hydrogens (tertiary/aromatic N) is 2. The van der Waals surface area contributed by atoms with Gasteiger partial charge in [0, 0.05) is 24.6 Å². The van der Waals surface area contributed by atoms with E-state index in [0.29, 0.717) is 18.5 Å². The van der Waals surface area contributed by atoms with Gasteiger partial charge in [-0.3, -0.25) is 4.79 Å². The Morgan fingerprint density at radius 2 is 1.88 bits per heavy atom. The first-order valence-electron chi connectivity index (χ1n) is 9.38. The maximum Gasteiger partial charge on any atom is 0.223 e. The molecule has 1 atom stereocenters. The first kappa shape index (κ1) is 17.0. The van der Waals surface area contributed by atoms with Gasteiger partial charge < -0.3 is 16.0 Å². The summed E-state index contributed by atoms with van der Waals surface area (Å²) in [4.78, 5) is 12.3. The van der Waals surface area contributed by atoms with E-state index in [4.69, 9.17) is 0 Å². The number of hydrogen-bond acceptors (Lipinski definition) is 5. The lowest BCUT2D eigenvalue weighted by Crippen LogP contribution is -2.35. The Labute approximate surface area is 153 Å². The van der Waals surface area contributed by atoms with Gasteiger partial charge in [-0.15, -0.1) is 10.2 Å². The topological polar surface area (TPSA) is 78.9 Å². The minimum atomic E-state index is 0.208. The van der Waals surface area contributed by atoms with Gasteiger partial charge in [0.05, 0.1) is 5.69 Å². The third-order valence-electron chi connectivity index (χ3n) is 5.57. The van der Waals surface area contributed by atoms with Crippen LogP contribution in [0.25, 0.3) is 11.3 Å². The lowest BCUT2D eigenvalue weighted by molar-refractivity contribution is -0.123. The highest BCUT2D eigenvalue weighted by Crippen LogP contribution is 2.58. The Bertz CT molecular complexity index is 741. The summed E-state index contributed by atoms with van der Waals surface area (Å²) in [5.74, 6) is 1.15. The quantitative estimate of drug-likeness (QED) is 0.695. The highest BCUT2D eigenvalue weighted by atomic mass is 16.2. The van der Waals surface area contributed by atoms with Crippen molar-refractivity contribution in [2.24, 2.45) is 11.3 Å². The number of hydrogen-bond donors (Lipinski definition) is 3. The van der Waals surface area contributed by atoms with E-state index >= 15 is 0 Å². The summed E-state index contributed by atoms with van der Waals surface area (Å²) in [6.07, 6.45) is 3.32. The molecule has 6 nitrogen and oxygen atoms in total. The largest absolute Gasteiger partial charge is 0.367 e. The molecule has 1 aromatic heterocycles. The second-order valence-electron chi connectivity index (χ2n) is 7.26. The molecule has 1 aliphatic carbocycles. The van der Waals surface area contributed by atoms with Crippen molar-refractivity contribution in [1.82, 2.24) is 20.8 Å². The third kappa shape index (κ3) is 3.70. The number of carbonyl (C=O) groups excluding carboxylic acids is 1. The fourth-order valence-corrected chi connectivity index (χ4v) is 3.88. The predicted octanol–water partition coefficient (Wildman–Crippen LogP) is 2.06. The van der Waals surface area contributed by atoms with Crippen LogP contribution in [0.1, 0.15) is 19.3 Å². The van der Waals surface area contributed by atoms with Crippen molar-refractivity contribution in [1.29, 1.82) is 0 Å². The van der Waals surface area contributed by atoms with Crippen LogP contribution in [-0.4, -0.2) is 42.3 Å². The standard InChI is InChI=1S/C20H25N5O/c26-19(16-14-20(16)8-10-21-11-9-20)23-13-12-22-18-7-6-17(24-25-18)15-4-2-1-3-5-15/h1-7,16,21H,8-14H2,(H,22,25)(H,23,26). The fraction of sp³-hybridized carbons (Fsp3) is 0.450. The van der Waals surface area contributed by atoms with E-state index < -0.39 is 0 Å². The molecule has 1 aliphatic heterocycles. The first-order chi connectivity index (χ1) is 12.8. The molecule has 136 valence electrons. The van der Waals surface area contributed by atoms with Crippen molar-refractivity contribution < 1.29 is 4.79 Å². The molecule has 4 rings (SSSR count). The molecule has 1 unspecified atom stereocenters. The number of anilines is 1. The van der Waals surface area contributed by atoms with Gasteiger partial charge in [0.15, 0.2) is 0 Å². The third-order valence-corrected chi connectivity index (χ3v) is 5.57. The van der Waals surface area contributed by atoms with Gasteiger partial charge in [0.1, 0.15) is 5.82 Å². The van der Waals surface area contributed by atoms with Crippen LogP contribution in [0.2, 0.25) is 0 Å². The van der Waals surface area contributed by atoms with Gasteiger partial charge in [-0.2, -0.15) is 0 Å². The Morgan fingerprint density at radius 3 is 2.62 bits per heavy atom. The van der Waals surface area contributed by atoms with Gasteiger partial charge >= 0.3 is 0 Å². The summed E-state index contributed by atoms with van der Waals surface area (Å²) in [6, 6.07) is 13.9. The maximum atomic E-state index is 12.3. The molecule has 0 radical (unpaired) electrons.